The van der Waals surface area contributed by atoms with E-state index in [9.17, 15) is 14.9 Å². The van der Waals surface area contributed by atoms with Crippen molar-refractivity contribution in [1.29, 1.82) is 0 Å². The number of carbonyl (C=O) groups excluding carboxylic acids is 1. The molecule has 2 aromatic carbocycles. The molecule has 132 valence electrons. The van der Waals surface area contributed by atoms with E-state index >= 15 is 0 Å². The van der Waals surface area contributed by atoms with Crippen molar-refractivity contribution in [3.63, 3.8) is 0 Å². The first-order chi connectivity index (χ1) is 11.8. The fourth-order valence-electron chi connectivity index (χ4n) is 2.55. The zero-order valence-electron chi connectivity index (χ0n) is 14.9. The average molecular weight is 341 g/mol. The predicted octanol–water partition coefficient (Wildman–Crippen LogP) is 4.07. The number of hydrogen-bond donors (Lipinski definition) is 1. The van der Waals surface area contributed by atoms with E-state index in [0.29, 0.717) is 0 Å². The molecule has 0 aliphatic heterocycles. The second-order valence-corrected chi connectivity index (χ2v) is 6.38. The molecule has 0 aromatic heterocycles. The Morgan fingerprint density at radius 3 is 2.28 bits per heavy atom. The van der Waals surface area contributed by atoms with E-state index in [1.165, 1.54) is 6.07 Å². The molecule has 0 spiro atoms. The lowest BCUT2D eigenvalue weighted by molar-refractivity contribution is -0.384. The summed E-state index contributed by atoms with van der Waals surface area (Å²) in [5.74, 6) is -0.291. The van der Waals surface area contributed by atoms with Crippen molar-refractivity contribution in [3.8, 4) is 0 Å². The topological polar surface area (TPSA) is 75.5 Å². The quantitative estimate of drug-likeness (QED) is 0.635. The van der Waals surface area contributed by atoms with Gasteiger partial charge in [-0.3, -0.25) is 14.9 Å². The van der Waals surface area contributed by atoms with E-state index in [1.807, 2.05) is 49.9 Å². The molecule has 0 radical (unpaired) electrons. The Morgan fingerprint density at radius 1 is 1.12 bits per heavy atom. The summed E-state index contributed by atoms with van der Waals surface area (Å²) in [6.07, 6.45) is 0. The number of carbonyl (C=O) groups is 1. The maximum atomic E-state index is 12.5. The van der Waals surface area contributed by atoms with Gasteiger partial charge < -0.3 is 10.2 Å². The number of nitro benzene ring substituents is 1. The zero-order valence-corrected chi connectivity index (χ0v) is 14.9. The fourth-order valence-corrected chi connectivity index (χ4v) is 2.55. The maximum absolute atomic E-state index is 12.5. The predicted molar refractivity (Wildman–Crippen MR) is 100 cm³/mol. The fraction of sp³-hybridized carbons (Fsp3) is 0.316. The summed E-state index contributed by atoms with van der Waals surface area (Å²) in [7, 11) is 0. The summed E-state index contributed by atoms with van der Waals surface area (Å²) < 4.78 is 0. The van der Waals surface area contributed by atoms with E-state index in [-0.39, 0.29) is 29.9 Å². The third-order valence-electron chi connectivity index (χ3n) is 3.93. The first-order valence-electron chi connectivity index (χ1n) is 8.16. The van der Waals surface area contributed by atoms with Crippen LogP contribution in [0.5, 0.6) is 0 Å². The number of nitrogens with one attached hydrogen (secondary N) is 1. The third kappa shape index (κ3) is 4.79. The van der Waals surface area contributed by atoms with Crippen LogP contribution in [0, 0.1) is 24.0 Å². The Hall–Kier alpha value is -2.89. The summed E-state index contributed by atoms with van der Waals surface area (Å²) in [6.45, 7) is 7.90. The smallest absolute Gasteiger partial charge is 0.293 e. The van der Waals surface area contributed by atoms with Gasteiger partial charge in [0.15, 0.2) is 0 Å². The van der Waals surface area contributed by atoms with Crippen LogP contribution in [-0.2, 0) is 4.79 Å². The highest BCUT2D eigenvalue weighted by Crippen LogP contribution is 2.25. The minimum atomic E-state index is -0.483. The molecule has 25 heavy (non-hydrogen) atoms. The molecule has 1 N–H and O–H groups in total. The minimum Gasteiger partial charge on any atom is -0.360 e. The van der Waals surface area contributed by atoms with E-state index in [2.05, 4.69) is 5.32 Å². The van der Waals surface area contributed by atoms with Crippen molar-refractivity contribution in [2.45, 2.75) is 33.7 Å². The van der Waals surface area contributed by atoms with Gasteiger partial charge >= 0.3 is 0 Å². The van der Waals surface area contributed by atoms with Crippen LogP contribution in [0.4, 0.5) is 17.1 Å². The summed E-state index contributed by atoms with van der Waals surface area (Å²) >= 11 is 0. The van der Waals surface area contributed by atoms with Gasteiger partial charge in [-0.15, -0.1) is 0 Å². The van der Waals surface area contributed by atoms with Gasteiger partial charge in [-0.1, -0.05) is 23.8 Å². The molecule has 0 fully saturated rings. The number of benzene rings is 2. The SMILES string of the molecule is Cc1ccc(N(CC(=O)Nc2ccc(C)cc2[N+](=O)[O-])C(C)C)cc1. The summed E-state index contributed by atoms with van der Waals surface area (Å²) in [6, 6.07) is 12.8. The van der Waals surface area contributed by atoms with E-state index < -0.39 is 4.92 Å². The van der Waals surface area contributed by atoms with Crippen LogP contribution >= 0.6 is 0 Å². The largest absolute Gasteiger partial charge is 0.360 e. The lowest BCUT2D eigenvalue weighted by Crippen LogP contribution is -2.38. The highest BCUT2D eigenvalue weighted by molar-refractivity contribution is 5.96. The monoisotopic (exact) mass is 341 g/mol. The Morgan fingerprint density at radius 2 is 1.72 bits per heavy atom. The van der Waals surface area contributed by atoms with Crippen LogP contribution in [0.1, 0.15) is 25.0 Å². The second kappa shape index (κ2) is 7.79. The van der Waals surface area contributed by atoms with Gasteiger partial charge in [0, 0.05) is 17.8 Å². The Labute approximate surface area is 147 Å². The van der Waals surface area contributed by atoms with E-state index in [4.69, 9.17) is 0 Å². The first-order valence-corrected chi connectivity index (χ1v) is 8.16. The molecule has 6 nitrogen and oxygen atoms in total. The van der Waals surface area contributed by atoms with Crippen molar-refractivity contribution < 1.29 is 9.72 Å². The van der Waals surface area contributed by atoms with Crippen LogP contribution in [0.2, 0.25) is 0 Å². The van der Waals surface area contributed by atoms with Crippen LogP contribution in [-0.4, -0.2) is 23.4 Å². The van der Waals surface area contributed by atoms with E-state index in [1.54, 1.807) is 19.1 Å². The lowest BCUT2D eigenvalue weighted by atomic mass is 10.1. The number of hydrogen-bond acceptors (Lipinski definition) is 4. The minimum absolute atomic E-state index is 0.0974. The van der Waals surface area contributed by atoms with Gasteiger partial charge in [0.25, 0.3) is 5.69 Å². The van der Waals surface area contributed by atoms with Crippen molar-refractivity contribution in [1.82, 2.24) is 0 Å². The second-order valence-electron chi connectivity index (χ2n) is 6.38. The summed E-state index contributed by atoms with van der Waals surface area (Å²) in [4.78, 5) is 25.1. The number of aryl methyl sites for hydroxylation is 2. The molecule has 1 amide bonds. The molecule has 0 atom stereocenters. The molecule has 0 aliphatic rings. The molecule has 0 unspecified atom stereocenters. The molecular formula is C19H23N3O3. The van der Waals surface area contributed by atoms with Gasteiger partial charge in [-0.2, -0.15) is 0 Å². The Bertz CT molecular complexity index is 770. The molecule has 2 rings (SSSR count). The number of anilines is 2. The van der Waals surface area contributed by atoms with Gasteiger partial charge in [-0.05, 0) is 51.5 Å². The van der Waals surface area contributed by atoms with Crippen LogP contribution in [0.25, 0.3) is 0 Å². The first kappa shape index (κ1) is 18.4. The van der Waals surface area contributed by atoms with Gasteiger partial charge in [0.1, 0.15) is 5.69 Å². The van der Waals surface area contributed by atoms with Gasteiger partial charge in [0.2, 0.25) is 5.91 Å². The summed E-state index contributed by atoms with van der Waals surface area (Å²) in [5.41, 5.74) is 2.97. The standard InChI is InChI=1S/C19H23N3O3/c1-13(2)21(16-8-5-14(3)6-9-16)12-19(23)20-17-10-7-15(4)11-18(17)22(24)25/h5-11,13H,12H2,1-4H3,(H,20,23). The molecule has 2 aromatic rings. The molecule has 0 bridgehead atoms. The Kier molecular flexibility index (Phi) is 5.75. The molecule has 0 saturated carbocycles. The zero-order chi connectivity index (χ0) is 18.6. The molecule has 0 saturated heterocycles. The molecule has 0 heterocycles. The van der Waals surface area contributed by atoms with Crippen molar-refractivity contribution in [3.05, 3.63) is 63.7 Å². The maximum Gasteiger partial charge on any atom is 0.293 e. The van der Waals surface area contributed by atoms with Crippen molar-refractivity contribution >= 4 is 23.0 Å². The lowest BCUT2D eigenvalue weighted by Gasteiger charge is -2.28. The highest BCUT2D eigenvalue weighted by Gasteiger charge is 2.19. The normalized spacial score (nSPS) is 10.6. The number of nitro groups is 1. The summed E-state index contributed by atoms with van der Waals surface area (Å²) in [5, 5.41) is 13.8. The third-order valence-corrected chi connectivity index (χ3v) is 3.93. The molecule has 0 aliphatic carbocycles. The average Bonchev–Trinajstić information content (AvgIpc) is 2.55. The number of amides is 1. The van der Waals surface area contributed by atoms with E-state index in [0.717, 1.165) is 16.8 Å². The van der Waals surface area contributed by atoms with Gasteiger partial charge in [-0.25, -0.2) is 0 Å². The van der Waals surface area contributed by atoms with Crippen molar-refractivity contribution in [2.75, 3.05) is 16.8 Å². The number of nitrogens with zero attached hydrogens (tertiary/aromatic N) is 2. The van der Waals surface area contributed by atoms with Crippen LogP contribution in [0.3, 0.4) is 0 Å². The van der Waals surface area contributed by atoms with Gasteiger partial charge in [0.05, 0.1) is 11.5 Å². The van der Waals surface area contributed by atoms with Crippen LogP contribution in [0.15, 0.2) is 42.5 Å². The molecule has 6 heteroatoms. The molecular weight excluding hydrogens is 318 g/mol. The van der Waals surface area contributed by atoms with Crippen LogP contribution < -0.4 is 10.2 Å². The highest BCUT2D eigenvalue weighted by atomic mass is 16.6. The van der Waals surface area contributed by atoms with Crippen molar-refractivity contribution in [2.24, 2.45) is 0 Å². The Balaban J connectivity index is 2.17. The number of rotatable bonds is 6.